The molecule has 0 aliphatic heterocycles. The van der Waals surface area contributed by atoms with Crippen molar-refractivity contribution in [3.63, 3.8) is 0 Å². The molecule has 0 amide bonds. The van der Waals surface area contributed by atoms with Crippen LogP contribution in [0.25, 0.3) is 0 Å². The van der Waals surface area contributed by atoms with Gasteiger partial charge in [0, 0.05) is 6.04 Å². The minimum absolute atomic E-state index is 0.557. The molecule has 0 aromatic heterocycles. The molecule has 1 fully saturated rings. The normalized spacial score (nSPS) is 17.2. The van der Waals surface area contributed by atoms with Gasteiger partial charge in [-0.25, -0.2) is 0 Å². The quantitative estimate of drug-likeness (QED) is 0.619. The van der Waals surface area contributed by atoms with E-state index in [1.165, 1.54) is 68.9 Å². The van der Waals surface area contributed by atoms with Gasteiger partial charge in [-0.05, 0) is 49.3 Å². The van der Waals surface area contributed by atoms with Crippen molar-refractivity contribution in [3.8, 4) is 0 Å². The third kappa shape index (κ3) is 5.47. The fraction of sp³-hybridized carbons (Fsp3) is 0.700. The molecule has 1 aliphatic rings. The Morgan fingerprint density at radius 3 is 2.38 bits per heavy atom. The summed E-state index contributed by atoms with van der Waals surface area (Å²) in [5.41, 5.74) is 2.97. The number of nitrogens with one attached hydrogen (secondary N) is 1. The predicted octanol–water partition coefficient (Wildman–Crippen LogP) is 5.65. The van der Waals surface area contributed by atoms with E-state index in [4.69, 9.17) is 0 Å². The van der Waals surface area contributed by atoms with E-state index in [0.29, 0.717) is 6.04 Å². The van der Waals surface area contributed by atoms with Crippen molar-refractivity contribution < 1.29 is 0 Å². The number of rotatable bonds is 9. The number of hydrogen-bond donors (Lipinski definition) is 1. The van der Waals surface area contributed by atoms with Crippen LogP contribution in [0.3, 0.4) is 0 Å². The third-order valence-electron chi connectivity index (χ3n) is 4.90. The molecule has 2 rings (SSSR count). The Balaban J connectivity index is 1.92. The van der Waals surface area contributed by atoms with Crippen molar-refractivity contribution in [2.24, 2.45) is 5.92 Å². The van der Waals surface area contributed by atoms with Gasteiger partial charge in [0.2, 0.25) is 0 Å². The number of hydrogen-bond acceptors (Lipinski definition) is 1. The fourth-order valence-corrected chi connectivity index (χ4v) is 3.61. The molecule has 1 aromatic rings. The Hall–Kier alpha value is -0.820. The molecule has 1 aliphatic carbocycles. The lowest BCUT2D eigenvalue weighted by molar-refractivity contribution is 0.412. The van der Waals surface area contributed by atoms with Crippen LogP contribution in [0.5, 0.6) is 0 Å². The summed E-state index contributed by atoms with van der Waals surface area (Å²) in [4.78, 5) is 0. The first-order valence-electron chi connectivity index (χ1n) is 9.15. The van der Waals surface area contributed by atoms with Gasteiger partial charge in [-0.2, -0.15) is 0 Å². The Bertz CT molecular complexity index is 375. The third-order valence-corrected chi connectivity index (χ3v) is 4.90. The van der Waals surface area contributed by atoms with E-state index in [-0.39, 0.29) is 0 Å². The minimum Gasteiger partial charge on any atom is -0.310 e. The van der Waals surface area contributed by atoms with Crippen LogP contribution in [-0.2, 0) is 6.42 Å². The maximum atomic E-state index is 3.76. The van der Waals surface area contributed by atoms with Crippen molar-refractivity contribution in [3.05, 3.63) is 35.4 Å². The van der Waals surface area contributed by atoms with E-state index in [2.05, 4.69) is 43.4 Å². The molecule has 1 nitrogen and oxygen atoms in total. The Morgan fingerprint density at radius 1 is 1.05 bits per heavy atom. The zero-order chi connectivity index (χ0) is 14.9. The molecule has 1 atom stereocenters. The van der Waals surface area contributed by atoms with Crippen LogP contribution < -0.4 is 5.32 Å². The highest BCUT2D eigenvalue weighted by atomic mass is 14.9. The first-order chi connectivity index (χ1) is 10.3. The van der Waals surface area contributed by atoms with E-state index < -0.39 is 0 Å². The Labute approximate surface area is 131 Å². The minimum atomic E-state index is 0.557. The smallest absolute Gasteiger partial charge is 0.0320 e. The standard InChI is InChI=1S/C20H33N/c1-3-7-17-10-13-19(14-11-17)20(21-16-4-2)15-12-18-8-5-6-9-18/h10-11,13-14,18,20-21H,3-9,12,15-16H2,1-2H3. The molecule has 21 heavy (non-hydrogen) atoms. The summed E-state index contributed by atoms with van der Waals surface area (Å²) in [6.45, 7) is 5.64. The summed E-state index contributed by atoms with van der Waals surface area (Å²) < 4.78 is 0. The maximum absolute atomic E-state index is 3.76. The maximum Gasteiger partial charge on any atom is 0.0320 e. The van der Waals surface area contributed by atoms with Crippen LogP contribution >= 0.6 is 0 Å². The number of benzene rings is 1. The summed E-state index contributed by atoms with van der Waals surface area (Å²) in [7, 11) is 0. The largest absolute Gasteiger partial charge is 0.310 e. The van der Waals surface area contributed by atoms with Crippen molar-refractivity contribution in [2.45, 2.75) is 77.7 Å². The van der Waals surface area contributed by atoms with Crippen molar-refractivity contribution in [1.29, 1.82) is 0 Å². The topological polar surface area (TPSA) is 12.0 Å². The highest BCUT2D eigenvalue weighted by Crippen LogP contribution is 2.31. The number of aryl methyl sites for hydroxylation is 1. The molecule has 0 radical (unpaired) electrons. The second-order valence-corrected chi connectivity index (χ2v) is 6.73. The van der Waals surface area contributed by atoms with Gasteiger partial charge in [0.05, 0.1) is 0 Å². The lowest BCUT2D eigenvalue weighted by Gasteiger charge is -2.21. The van der Waals surface area contributed by atoms with Gasteiger partial charge in [-0.1, -0.05) is 70.2 Å². The van der Waals surface area contributed by atoms with E-state index in [0.717, 1.165) is 12.5 Å². The monoisotopic (exact) mass is 287 g/mol. The average molecular weight is 287 g/mol. The predicted molar refractivity (Wildman–Crippen MR) is 92.7 cm³/mol. The van der Waals surface area contributed by atoms with Gasteiger partial charge in [0.25, 0.3) is 0 Å². The van der Waals surface area contributed by atoms with Crippen LogP contribution in [-0.4, -0.2) is 6.54 Å². The zero-order valence-electron chi connectivity index (χ0n) is 14.0. The van der Waals surface area contributed by atoms with E-state index in [1.54, 1.807) is 0 Å². The first kappa shape index (κ1) is 16.5. The SMILES string of the molecule is CCCNC(CCC1CCCC1)c1ccc(CCC)cc1. The molecule has 1 heteroatoms. The Kier molecular flexibility index (Phi) is 7.29. The molecule has 1 aromatic carbocycles. The van der Waals surface area contributed by atoms with Crippen molar-refractivity contribution in [1.82, 2.24) is 5.32 Å². The van der Waals surface area contributed by atoms with Gasteiger partial charge < -0.3 is 5.32 Å². The summed E-state index contributed by atoms with van der Waals surface area (Å²) in [5.74, 6) is 0.996. The van der Waals surface area contributed by atoms with Crippen LogP contribution in [0, 0.1) is 5.92 Å². The van der Waals surface area contributed by atoms with Crippen LogP contribution in [0.2, 0.25) is 0 Å². The molecular formula is C20H33N. The lowest BCUT2D eigenvalue weighted by Crippen LogP contribution is -2.22. The molecule has 118 valence electrons. The molecule has 1 unspecified atom stereocenters. The highest BCUT2D eigenvalue weighted by Gasteiger charge is 2.18. The molecule has 1 saturated carbocycles. The first-order valence-corrected chi connectivity index (χ1v) is 9.15. The van der Waals surface area contributed by atoms with Crippen LogP contribution in [0.4, 0.5) is 0 Å². The van der Waals surface area contributed by atoms with Crippen molar-refractivity contribution in [2.75, 3.05) is 6.54 Å². The van der Waals surface area contributed by atoms with Crippen LogP contribution in [0.1, 0.15) is 82.4 Å². The van der Waals surface area contributed by atoms with Crippen molar-refractivity contribution >= 4 is 0 Å². The summed E-state index contributed by atoms with van der Waals surface area (Å²) in [6.07, 6.45) is 12.2. The van der Waals surface area contributed by atoms with Gasteiger partial charge in [-0.3, -0.25) is 0 Å². The van der Waals surface area contributed by atoms with Gasteiger partial charge in [-0.15, -0.1) is 0 Å². The van der Waals surface area contributed by atoms with E-state index in [9.17, 15) is 0 Å². The molecule has 0 bridgehead atoms. The average Bonchev–Trinajstić information content (AvgIpc) is 3.02. The van der Waals surface area contributed by atoms with Gasteiger partial charge >= 0.3 is 0 Å². The summed E-state index contributed by atoms with van der Waals surface area (Å²) >= 11 is 0. The van der Waals surface area contributed by atoms with Gasteiger partial charge in [0.15, 0.2) is 0 Å². The molecular weight excluding hydrogens is 254 g/mol. The molecule has 1 N–H and O–H groups in total. The van der Waals surface area contributed by atoms with Gasteiger partial charge in [0.1, 0.15) is 0 Å². The van der Waals surface area contributed by atoms with E-state index >= 15 is 0 Å². The fourth-order valence-electron chi connectivity index (χ4n) is 3.61. The molecule has 0 saturated heterocycles. The molecule has 0 heterocycles. The summed E-state index contributed by atoms with van der Waals surface area (Å²) in [6, 6.07) is 9.92. The second-order valence-electron chi connectivity index (χ2n) is 6.73. The zero-order valence-corrected chi connectivity index (χ0v) is 14.0. The highest BCUT2D eigenvalue weighted by molar-refractivity contribution is 5.25. The Morgan fingerprint density at radius 2 is 1.76 bits per heavy atom. The summed E-state index contributed by atoms with van der Waals surface area (Å²) in [5, 5.41) is 3.76. The lowest BCUT2D eigenvalue weighted by atomic mass is 9.94. The van der Waals surface area contributed by atoms with E-state index in [1.807, 2.05) is 0 Å². The van der Waals surface area contributed by atoms with Crippen LogP contribution in [0.15, 0.2) is 24.3 Å². The second kappa shape index (κ2) is 9.25. The molecule has 0 spiro atoms.